The minimum Gasteiger partial charge on any atom is -0.481 e. The van der Waals surface area contributed by atoms with Gasteiger partial charge in [0.05, 0.1) is 13.0 Å². The highest BCUT2D eigenvalue weighted by Gasteiger charge is 2.12. The van der Waals surface area contributed by atoms with E-state index >= 15 is 0 Å². The second-order valence-electron chi connectivity index (χ2n) is 4.60. The first kappa shape index (κ1) is 16.2. The number of nitrogens with zero attached hydrogens (tertiary/aromatic N) is 1. The van der Waals surface area contributed by atoms with E-state index < -0.39 is 5.97 Å². The molecule has 0 bridgehead atoms. The molecule has 0 aliphatic carbocycles. The number of nitrogens with one attached hydrogen (secondary N) is 1. The Labute approximate surface area is 119 Å². The van der Waals surface area contributed by atoms with Gasteiger partial charge in [-0.1, -0.05) is 31.2 Å². The van der Waals surface area contributed by atoms with Crippen LogP contribution < -0.4 is 5.32 Å². The van der Waals surface area contributed by atoms with Crippen LogP contribution in [-0.2, 0) is 22.6 Å². The average Bonchev–Trinajstić information content (AvgIpc) is 2.39. The van der Waals surface area contributed by atoms with E-state index in [-0.39, 0.29) is 12.3 Å². The van der Waals surface area contributed by atoms with Crippen molar-refractivity contribution in [2.75, 3.05) is 19.6 Å². The lowest BCUT2D eigenvalue weighted by Crippen LogP contribution is -2.36. The fourth-order valence-corrected chi connectivity index (χ4v) is 2.02. The molecular weight excluding hydrogens is 256 g/mol. The molecule has 0 aromatic heterocycles. The molecule has 1 aromatic rings. The van der Waals surface area contributed by atoms with Crippen LogP contribution >= 0.6 is 0 Å². The second-order valence-corrected chi connectivity index (χ2v) is 4.60. The van der Waals surface area contributed by atoms with E-state index in [1.165, 1.54) is 0 Å². The Kier molecular flexibility index (Phi) is 6.73. The molecule has 0 atom stereocenters. The van der Waals surface area contributed by atoms with Gasteiger partial charge in [-0.25, -0.2) is 0 Å². The Bertz CT molecular complexity index is 460. The van der Waals surface area contributed by atoms with Gasteiger partial charge in [0.1, 0.15) is 0 Å². The molecule has 0 saturated carbocycles. The minimum absolute atomic E-state index is 0.00881. The normalized spacial score (nSPS) is 10.6. The maximum Gasteiger partial charge on any atom is 0.307 e. The highest BCUT2D eigenvalue weighted by molar-refractivity contribution is 5.78. The summed E-state index contributed by atoms with van der Waals surface area (Å²) in [5.41, 5.74) is 1.76. The monoisotopic (exact) mass is 278 g/mol. The molecule has 0 heterocycles. The average molecular weight is 278 g/mol. The minimum atomic E-state index is -0.843. The Balaban J connectivity index is 2.74. The molecule has 1 rings (SSSR count). The lowest BCUT2D eigenvalue weighted by atomic mass is 10.0. The van der Waals surface area contributed by atoms with Crippen molar-refractivity contribution in [3.63, 3.8) is 0 Å². The number of hydrogen-bond donors (Lipinski definition) is 2. The Morgan fingerprint density at radius 2 is 1.85 bits per heavy atom. The third-order valence-electron chi connectivity index (χ3n) is 3.04. The standard InChI is InChI=1S/C15H22N2O3/c1-3-16-14(18)11-17(4-2)10-13-8-6-5-7-12(13)9-15(19)20/h5-8H,3-4,9-11H2,1-2H3,(H,16,18)(H,19,20). The molecule has 2 N–H and O–H groups in total. The maximum atomic E-state index is 11.6. The number of benzene rings is 1. The number of likely N-dealkylation sites (N-methyl/N-ethyl adjacent to an activating group) is 2. The molecule has 20 heavy (non-hydrogen) atoms. The Morgan fingerprint density at radius 1 is 1.20 bits per heavy atom. The summed E-state index contributed by atoms with van der Waals surface area (Å²) in [7, 11) is 0. The SMILES string of the molecule is CCNC(=O)CN(CC)Cc1ccccc1CC(=O)O. The van der Waals surface area contributed by atoms with Crippen LogP contribution in [0.3, 0.4) is 0 Å². The highest BCUT2D eigenvalue weighted by atomic mass is 16.4. The maximum absolute atomic E-state index is 11.6. The number of carbonyl (C=O) groups is 2. The predicted octanol–water partition coefficient (Wildman–Crippen LogP) is 1.27. The van der Waals surface area contributed by atoms with Crippen molar-refractivity contribution >= 4 is 11.9 Å². The summed E-state index contributed by atoms with van der Waals surface area (Å²) in [6.07, 6.45) is 0.00881. The molecule has 5 nitrogen and oxygen atoms in total. The number of carbonyl (C=O) groups excluding carboxylic acids is 1. The fourth-order valence-electron chi connectivity index (χ4n) is 2.02. The van der Waals surface area contributed by atoms with E-state index in [0.29, 0.717) is 19.6 Å². The van der Waals surface area contributed by atoms with Crippen molar-refractivity contribution in [1.82, 2.24) is 10.2 Å². The number of carboxylic acids is 1. The molecule has 0 spiro atoms. The van der Waals surface area contributed by atoms with Gasteiger partial charge in [0.2, 0.25) is 5.91 Å². The van der Waals surface area contributed by atoms with Gasteiger partial charge in [-0.2, -0.15) is 0 Å². The van der Waals surface area contributed by atoms with Gasteiger partial charge in [0.15, 0.2) is 0 Å². The summed E-state index contributed by atoms with van der Waals surface area (Å²) < 4.78 is 0. The third-order valence-corrected chi connectivity index (χ3v) is 3.04. The Morgan fingerprint density at radius 3 is 2.40 bits per heavy atom. The van der Waals surface area contributed by atoms with Crippen molar-refractivity contribution in [3.8, 4) is 0 Å². The molecule has 5 heteroatoms. The molecule has 0 unspecified atom stereocenters. The van der Waals surface area contributed by atoms with E-state index in [1.807, 2.05) is 43.0 Å². The largest absolute Gasteiger partial charge is 0.481 e. The number of hydrogen-bond acceptors (Lipinski definition) is 3. The van der Waals surface area contributed by atoms with Gasteiger partial charge in [-0.3, -0.25) is 14.5 Å². The zero-order valence-electron chi connectivity index (χ0n) is 12.1. The van der Waals surface area contributed by atoms with Crippen molar-refractivity contribution in [1.29, 1.82) is 0 Å². The van der Waals surface area contributed by atoms with Gasteiger partial charge >= 0.3 is 5.97 Å². The molecule has 0 aliphatic heterocycles. The topological polar surface area (TPSA) is 69.6 Å². The van der Waals surface area contributed by atoms with E-state index in [2.05, 4.69) is 5.32 Å². The second kappa shape index (κ2) is 8.32. The smallest absolute Gasteiger partial charge is 0.307 e. The molecule has 0 aliphatic rings. The lowest BCUT2D eigenvalue weighted by molar-refractivity contribution is -0.136. The third kappa shape index (κ3) is 5.40. The summed E-state index contributed by atoms with van der Waals surface area (Å²) >= 11 is 0. The molecule has 0 radical (unpaired) electrons. The van der Waals surface area contributed by atoms with Gasteiger partial charge in [0.25, 0.3) is 0 Å². The first-order valence-electron chi connectivity index (χ1n) is 6.84. The van der Waals surface area contributed by atoms with Gasteiger partial charge in [-0.05, 0) is 24.6 Å². The van der Waals surface area contributed by atoms with Gasteiger partial charge < -0.3 is 10.4 Å². The van der Waals surface area contributed by atoms with Crippen LogP contribution in [0.5, 0.6) is 0 Å². The number of carboxylic acid groups (broad SMARTS) is 1. The summed E-state index contributed by atoms with van der Waals surface area (Å²) in [6, 6.07) is 7.46. The molecule has 0 fully saturated rings. The molecule has 0 saturated heterocycles. The highest BCUT2D eigenvalue weighted by Crippen LogP contribution is 2.12. The summed E-state index contributed by atoms with van der Waals surface area (Å²) in [5, 5.41) is 11.7. The van der Waals surface area contributed by atoms with Crippen molar-refractivity contribution in [3.05, 3.63) is 35.4 Å². The van der Waals surface area contributed by atoms with Crippen LogP contribution in [0.1, 0.15) is 25.0 Å². The first-order chi connectivity index (χ1) is 9.56. The lowest BCUT2D eigenvalue weighted by Gasteiger charge is -2.21. The number of aliphatic carboxylic acids is 1. The summed E-state index contributed by atoms with van der Waals surface area (Å²) in [5.74, 6) is -0.853. The van der Waals surface area contributed by atoms with Crippen molar-refractivity contribution < 1.29 is 14.7 Å². The van der Waals surface area contributed by atoms with Crippen LogP contribution in [0.4, 0.5) is 0 Å². The zero-order chi connectivity index (χ0) is 15.0. The molecular formula is C15H22N2O3. The van der Waals surface area contributed by atoms with Crippen molar-refractivity contribution in [2.45, 2.75) is 26.8 Å². The zero-order valence-corrected chi connectivity index (χ0v) is 12.1. The van der Waals surface area contributed by atoms with Crippen LogP contribution in [0.2, 0.25) is 0 Å². The van der Waals surface area contributed by atoms with Crippen LogP contribution in [-0.4, -0.2) is 41.5 Å². The van der Waals surface area contributed by atoms with Gasteiger partial charge in [0, 0.05) is 13.1 Å². The Hall–Kier alpha value is -1.88. The van der Waals surface area contributed by atoms with E-state index in [1.54, 1.807) is 0 Å². The molecule has 1 aromatic carbocycles. The predicted molar refractivity (Wildman–Crippen MR) is 77.4 cm³/mol. The first-order valence-corrected chi connectivity index (χ1v) is 6.84. The van der Waals surface area contributed by atoms with Crippen LogP contribution in [0, 0.1) is 0 Å². The van der Waals surface area contributed by atoms with E-state index in [9.17, 15) is 9.59 Å². The van der Waals surface area contributed by atoms with Crippen LogP contribution in [0.15, 0.2) is 24.3 Å². The van der Waals surface area contributed by atoms with Crippen molar-refractivity contribution in [2.24, 2.45) is 0 Å². The summed E-state index contributed by atoms with van der Waals surface area (Å²) in [6.45, 7) is 6.13. The van der Waals surface area contributed by atoms with E-state index in [0.717, 1.165) is 17.7 Å². The molecule has 1 amide bonds. The fraction of sp³-hybridized carbons (Fsp3) is 0.467. The van der Waals surface area contributed by atoms with Crippen LogP contribution in [0.25, 0.3) is 0 Å². The molecule has 110 valence electrons. The van der Waals surface area contributed by atoms with E-state index in [4.69, 9.17) is 5.11 Å². The number of amides is 1. The number of rotatable bonds is 8. The van der Waals surface area contributed by atoms with Gasteiger partial charge in [-0.15, -0.1) is 0 Å². The quantitative estimate of drug-likeness (QED) is 0.751. The summed E-state index contributed by atoms with van der Waals surface area (Å²) in [4.78, 5) is 24.5.